The topological polar surface area (TPSA) is 38.3 Å². The highest BCUT2D eigenvalue weighted by atomic mass is 16.5. The van der Waals surface area contributed by atoms with E-state index in [1.807, 2.05) is 19.1 Å². The minimum atomic E-state index is -0.139. The SMILES string of the molecule is C=C/C=C\C(=C/C)C1CCC(OC=O)N1. The van der Waals surface area contributed by atoms with Crippen molar-refractivity contribution in [3.05, 3.63) is 36.5 Å². The Bertz CT molecular complexity index is 281. The van der Waals surface area contributed by atoms with E-state index in [9.17, 15) is 4.79 Å². The maximum absolute atomic E-state index is 10.2. The Balaban J connectivity index is 2.54. The van der Waals surface area contributed by atoms with Crippen LogP contribution >= 0.6 is 0 Å². The molecule has 2 unspecified atom stereocenters. The van der Waals surface area contributed by atoms with Gasteiger partial charge in [-0.3, -0.25) is 10.1 Å². The van der Waals surface area contributed by atoms with Crippen LogP contribution in [0.4, 0.5) is 0 Å². The average molecular weight is 207 g/mol. The summed E-state index contributed by atoms with van der Waals surface area (Å²) in [4.78, 5) is 10.2. The molecular formula is C12H17NO2. The number of hydrogen-bond acceptors (Lipinski definition) is 3. The van der Waals surface area contributed by atoms with Crippen molar-refractivity contribution in [2.45, 2.75) is 32.0 Å². The molecule has 1 N–H and O–H groups in total. The van der Waals surface area contributed by atoms with Crippen LogP contribution in [-0.2, 0) is 9.53 Å². The van der Waals surface area contributed by atoms with Crippen LogP contribution < -0.4 is 5.32 Å². The lowest BCUT2D eigenvalue weighted by molar-refractivity contribution is -0.134. The van der Waals surface area contributed by atoms with Crippen molar-refractivity contribution >= 4 is 6.47 Å². The van der Waals surface area contributed by atoms with Gasteiger partial charge in [0.25, 0.3) is 6.47 Å². The van der Waals surface area contributed by atoms with Gasteiger partial charge < -0.3 is 4.74 Å². The number of rotatable bonds is 5. The van der Waals surface area contributed by atoms with Crippen molar-refractivity contribution < 1.29 is 9.53 Å². The van der Waals surface area contributed by atoms with Crippen LogP contribution in [0.2, 0.25) is 0 Å². The Kier molecular flexibility index (Phi) is 4.84. The largest absolute Gasteiger partial charge is 0.449 e. The van der Waals surface area contributed by atoms with Crippen molar-refractivity contribution in [2.75, 3.05) is 0 Å². The first kappa shape index (κ1) is 11.7. The zero-order valence-corrected chi connectivity index (χ0v) is 8.98. The summed E-state index contributed by atoms with van der Waals surface area (Å²) in [5, 5.41) is 3.24. The molecule has 1 saturated heterocycles. The van der Waals surface area contributed by atoms with Gasteiger partial charge in [0.05, 0.1) is 0 Å². The molecule has 0 aromatic rings. The fourth-order valence-corrected chi connectivity index (χ4v) is 1.74. The summed E-state index contributed by atoms with van der Waals surface area (Å²) in [6.45, 7) is 6.13. The van der Waals surface area contributed by atoms with Crippen molar-refractivity contribution in [3.63, 3.8) is 0 Å². The molecule has 2 atom stereocenters. The Morgan fingerprint density at radius 2 is 2.33 bits per heavy atom. The van der Waals surface area contributed by atoms with Crippen molar-refractivity contribution in [3.8, 4) is 0 Å². The number of ether oxygens (including phenoxy) is 1. The van der Waals surface area contributed by atoms with E-state index in [4.69, 9.17) is 4.74 Å². The van der Waals surface area contributed by atoms with Crippen molar-refractivity contribution in [1.29, 1.82) is 0 Å². The van der Waals surface area contributed by atoms with E-state index in [2.05, 4.69) is 18.0 Å². The maximum Gasteiger partial charge on any atom is 0.294 e. The van der Waals surface area contributed by atoms with Crippen LogP contribution in [-0.4, -0.2) is 18.7 Å². The predicted molar refractivity (Wildman–Crippen MR) is 60.2 cm³/mol. The molecule has 15 heavy (non-hydrogen) atoms. The van der Waals surface area contributed by atoms with E-state index >= 15 is 0 Å². The molecule has 82 valence electrons. The van der Waals surface area contributed by atoms with E-state index in [0.29, 0.717) is 6.47 Å². The van der Waals surface area contributed by atoms with Gasteiger partial charge in [-0.05, 0) is 25.3 Å². The molecule has 0 aromatic heterocycles. The molecule has 0 saturated carbocycles. The second-order valence-electron chi connectivity index (χ2n) is 3.40. The van der Waals surface area contributed by atoms with Gasteiger partial charge in [-0.2, -0.15) is 0 Å². The fraction of sp³-hybridized carbons (Fsp3) is 0.417. The Hall–Kier alpha value is -1.35. The number of hydrogen-bond donors (Lipinski definition) is 1. The summed E-state index contributed by atoms with van der Waals surface area (Å²) < 4.78 is 4.87. The molecular weight excluding hydrogens is 190 g/mol. The molecule has 1 aliphatic heterocycles. The molecule has 1 fully saturated rings. The zero-order valence-electron chi connectivity index (χ0n) is 8.98. The van der Waals surface area contributed by atoms with E-state index in [0.717, 1.165) is 12.8 Å². The molecule has 1 heterocycles. The third-order valence-electron chi connectivity index (χ3n) is 2.48. The lowest BCUT2D eigenvalue weighted by atomic mass is 10.1. The zero-order chi connectivity index (χ0) is 11.1. The molecule has 3 nitrogen and oxygen atoms in total. The van der Waals surface area contributed by atoms with E-state index in [1.54, 1.807) is 6.08 Å². The third kappa shape index (κ3) is 3.36. The van der Waals surface area contributed by atoms with Gasteiger partial charge in [0.1, 0.15) is 0 Å². The number of nitrogens with one attached hydrogen (secondary N) is 1. The first-order valence-corrected chi connectivity index (χ1v) is 5.12. The highest BCUT2D eigenvalue weighted by Crippen LogP contribution is 2.20. The summed E-state index contributed by atoms with van der Waals surface area (Å²) in [5.41, 5.74) is 1.20. The van der Waals surface area contributed by atoms with E-state index in [1.165, 1.54) is 5.57 Å². The second kappa shape index (κ2) is 6.19. The highest BCUT2D eigenvalue weighted by molar-refractivity contribution is 5.37. The minimum Gasteiger partial charge on any atom is -0.449 e. The molecule has 0 amide bonds. The quantitative estimate of drug-likeness (QED) is 0.553. The Morgan fingerprint density at radius 1 is 1.53 bits per heavy atom. The van der Waals surface area contributed by atoms with Gasteiger partial charge in [-0.25, -0.2) is 0 Å². The van der Waals surface area contributed by atoms with Crippen LogP contribution in [0.1, 0.15) is 19.8 Å². The molecule has 0 radical (unpaired) electrons. The van der Waals surface area contributed by atoms with Gasteiger partial charge in [0, 0.05) is 6.04 Å². The van der Waals surface area contributed by atoms with Gasteiger partial charge in [-0.15, -0.1) is 0 Å². The van der Waals surface area contributed by atoms with Crippen LogP contribution in [0.3, 0.4) is 0 Å². The van der Waals surface area contributed by atoms with Crippen molar-refractivity contribution in [2.24, 2.45) is 0 Å². The molecule has 0 bridgehead atoms. The number of carbonyl (C=O) groups excluding carboxylic acids is 1. The summed E-state index contributed by atoms with van der Waals surface area (Å²) in [6.07, 6.45) is 9.44. The lowest BCUT2D eigenvalue weighted by Gasteiger charge is -2.13. The molecule has 0 spiro atoms. The molecule has 1 aliphatic rings. The van der Waals surface area contributed by atoms with Crippen LogP contribution in [0, 0.1) is 0 Å². The van der Waals surface area contributed by atoms with Gasteiger partial charge in [0.2, 0.25) is 0 Å². The summed E-state index contributed by atoms with van der Waals surface area (Å²) in [6, 6.07) is 0.274. The molecule has 0 aliphatic carbocycles. The normalized spacial score (nSPS) is 26.9. The fourth-order valence-electron chi connectivity index (χ4n) is 1.74. The lowest BCUT2D eigenvalue weighted by Crippen LogP contribution is -2.31. The minimum absolute atomic E-state index is 0.139. The van der Waals surface area contributed by atoms with Crippen LogP contribution in [0.15, 0.2) is 36.5 Å². The standard InChI is InChI=1S/C12H17NO2/c1-3-5-6-10(4-2)11-7-8-12(13-11)15-9-14/h3-6,9,11-13H,1,7-8H2,2H3/b6-5-,10-4+. The first-order chi connectivity index (χ1) is 7.31. The Morgan fingerprint density at radius 3 is 2.93 bits per heavy atom. The monoisotopic (exact) mass is 207 g/mol. The highest BCUT2D eigenvalue weighted by Gasteiger charge is 2.25. The first-order valence-electron chi connectivity index (χ1n) is 5.12. The van der Waals surface area contributed by atoms with E-state index < -0.39 is 0 Å². The number of allylic oxidation sites excluding steroid dienone is 3. The molecule has 3 heteroatoms. The van der Waals surface area contributed by atoms with E-state index in [-0.39, 0.29) is 12.3 Å². The summed E-state index contributed by atoms with van der Waals surface area (Å²) in [5.74, 6) is 0. The maximum atomic E-state index is 10.2. The summed E-state index contributed by atoms with van der Waals surface area (Å²) >= 11 is 0. The van der Waals surface area contributed by atoms with Crippen LogP contribution in [0.25, 0.3) is 0 Å². The molecule has 1 rings (SSSR count). The second-order valence-corrected chi connectivity index (χ2v) is 3.40. The molecule has 0 aromatic carbocycles. The predicted octanol–water partition coefficient (Wildman–Crippen LogP) is 1.93. The Labute approximate surface area is 90.5 Å². The van der Waals surface area contributed by atoms with Crippen LogP contribution in [0.5, 0.6) is 0 Å². The van der Waals surface area contributed by atoms with Crippen molar-refractivity contribution in [1.82, 2.24) is 5.32 Å². The van der Waals surface area contributed by atoms with Gasteiger partial charge in [-0.1, -0.05) is 30.9 Å². The third-order valence-corrected chi connectivity index (χ3v) is 2.48. The smallest absolute Gasteiger partial charge is 0.294 e. The number of carbonyl (C=O) groups is 1. The summed E-state index contributed by atoms with van der Waals surface area (Å²) in [7, 11) is 0. The average Bonchev–Trinajstić information content (AvgIpc) is 2.68. The van der Waals surface area contributed by atoms with Gasteiger partial charge >= 0.3 is 0 Å². The van der Waals surface area contributed by atoms with Gasteiger partial charge in [0.15, 0.2) is 6.23 Å².